The molecule has 1 saturated carbocycles. The molecule has 3 heterocycles. The average Bonchev–Trinajstić information content (AvgIpc) is 3.37. The van der Waals surface area contributed by atoms with Crippen LogP contribution in [0.15, 0.2) is 24.3 Å². The van der Waals surface area contributed by atoms with Crippen LogP contribution in [-0.2, 0) is 17.8 Å². The minimum atomic E-state index is 0.141. The highest BCUT2D eigenvalue weighted by atomic mass is 32.1. The van der Waals surface area contributed by atoms with E-state index in [9.17, 15) is 4.79 Å². The van der Waals surface area contributed by atoms with E-state index in [-0.39, 0.29) is 5.91 Å². The highest BCUT2D eigenvalue weighted by molar-refractivity contribution is 7.15. The van der Waals surface area contributed by atoms with Gasteiger partial charge in [-0.3, -0.25) is 9.69 Å². The molecule has 5 rings (SSSR count). The molecule has 1 atom stereocenters. The number of amides is 1. The molecule has 0 spiro atoms. The van der Waals surface area contributed by atoms with Crippen molar-refractivity contribution in [3.05, 3.63) is 34.8 Å². The molecule has 7 heteroatoms. The van der Waals surface area contributed by atoms with Gasteiger partial charge in [-0.15, -0.1) is 11.3 Å². The number of ether oxygens (including phenoxy) is 1. The van der Waals surface area contributed by atoms with Gasteiger partial charge in [0, 0.05) is 68.3 Å². The molecule has 1 saturated heterocycles. The van der Waals surface area contributed by atoms with Crippen LogP contribution in [-0.4, -0.2) is 77.5 Å². The van der Waals surface area contributed by atoms with E-state index in [0.717, 1.165) is 47.8 Å². The Kier molecular flexibility index (Phi) is 5.75. The fourth-order valence-electron chi connectivity index (χ4n) is 4.91. The predicted molar refractivity (Wildman–Crippen MR) is 123 cm³/mol. The number of fused-ring (bicyclic) bond motifs is 1. The summed E-state index contributed by atoms with van der Waals surface area (Å²) in [7, 11) is 4.37. The summed E-state index contributed by atoms with van der Waals surface area (Å²) in [5.41, 5.74) is 2.27. The number of rotatable bonds is 5. The van der Waals surface area contributed by atoms with Crippen molar-refractivity contribution in [1.29, 1.82) is 0 Å². The molecule has 2 fully saturated rings. The number of thiazole rings is 1. The van der Waals surface area contributed by atoms with Crippen LogP contribution in [0.4, 0.5) is 0 Å². The van der Waals surface area contributed by atoms with Crippen LogP contribution < -0.4 is 4.74 Å². The van der Waals surface area contributed by atoms with Crippen LogP contribution in [0.25, 0.3) is 10.6 Å². The first kappa shape index (κ1) is 20.9. The van der Waals surface area contributed by atoms with Crippen molar-refractivity contribution in [3.63, 3.8) is 0 Å². The van der Waals surface area contributed by atoms with Crippen LogP contribution in [0.3, 0.4) is 0 Å². The highest BCUT2D eigenvalue weighted by Crippen LogP contribution is 2.35. The van der Waals surface area contributed by atoms with Gasteiger partial charge in [-0.25, -0.2) is 4.98 Å². The minimum Gasteiger partial charge on any atom is -0.490 e. The summed E-state index contributed by atoms with van der Waals surface area (Å²) in [6.07, 6.45) is 4.73. The molecule has 0 N–H and O–H groups in total. The summed E-state index contributed by atoms with van der Waals surface area (Å²) in [4.78, 5) is 24.6. The number of carbonyl (C=O) groups excluding carboxylic acids is 1. The van der Waals surface area contributed by atoms with E-state index < -0.39 is 0 Å². The topological polar surface area (TPSA) is 48.9 Å². The van der Waals surface area contributed by atoms with Gasteiger partial charge in [0.2, 0.25) is 5.91 Å². The number of nitrogens with zero attached hydrogens (tertiary/aromatic N) is 4. The van der Waals surface area contributed by atoms with E-state index in [4.69, 9.17) is 9.72 Å². The van der Waals surface area contributed by atoms with Crippen LogP contribution >= 0.6 is 11.3 Å². The Bertz CT molecular complexity index is 936. The molecule has 1 amide bonds. The summed E-state index contributed by atoms with van der Waals surface area (Å²) in [5.74, 6) is 1.09. The van der Waals surface area contributed by atoms with Crippen molar-refractivity contribution in [1.82, 2.24) is 19.7 Å². The summed E-state index contributed by atoms with van der Waals surface area (Å²) in [6.45, 7) is 5.52. The molecule has 0 radical (unpaired) electrons. The maximum Gasteiger partial charge on any atom is 0.219 e. The number of carbonyl (C=O) groups is 1. The zero-order valence-electron chi connectivity index (χ0n) is 18.7. The lowest BCUT2D eigenvalue weighted by molar-refractivity contribution is -0.129. The molecular weight excluding hydrogens is 408 g/mol. The lowest BCUT2D eigenvalue weighted by atomic mass is 9.88. The molecular formula is C24H32N4O2S. The largest absolute Gasteiger partial charge is 0.490 e. The van der Waals surface area contributed by atoms with Crippen LogP contribution in [0.5, 0.6) is 5.75 Å². The molecule has 1 aromatic carbocycles. The molecule has 2 aliphatic heterocycles. The molecule has 166 valence electrons. The molecule has 3 aliphatic rings. The van der Waals surface area contributed by atoms with Gasteiger partial charge in [0.1, 0.15) is 16.9 Å². The van der Waals surface area contributed by atoms with Gasteiger partial charge in [-0.1, -0.05) is 0 Å². The SMILES string of the molecule is CC(=O)N1CCc2nc(-c3ccc(OC4CC(N5CCC(N(C)C)C5)C4)cc3)sc2C1. The van der Waals surface area contributed by atoms with Crippen molar-refractivity contribution < 1.29 is 9.53 Å². The molecule has 0 bridgehead atoms. The number of hydrogen-bond acceptors (Lipinski definition) is 6. The first-order valence-electron chi connectivity index (χ1n) is 11.4. The number of aromatic nitrogens is 1. The van der Waals surface area contributed by atoms with Gasteiger partial charge < -0.3 is 14.5 Å². The van der Waals surface area contributed by atoms with Gasteiger partial charge in [0.25, 0.3) is 0 Å². The lowest BCUT2D eigenvalue weighted by Gasteiger charge is -2.41. The quantitative estimate of drug-likeness (QED) is 0.714. The van der Waals surface area contributed by atoms with E-state index in [1.54, 1.807) is 18.3 Å². The monoisotopic (exact) mass is 440 g/mol. The van der Waals surface area contributed by atoms with E-state index in [0.29, 0.717) is 24.7 Å². The van der Waals surface area contributed by atoms with Gasteiger partial charge >= 0.3 is 0 Å². The van der Waals surface area contributed by atoms with Gasteiger partial charge in [-0.05, 0) is 44.8 Å². The summed E-state index contributed by atoms with van der Waals surface area (Å²) in [5, 5.41) is 1.04. The van der Waals surface area contributed by atoms with E-state index in [2.05, 4.69) is 48.2 Å². The zero-order chi connectivity index (χ0) is 21.5. The summed E-state index contributed by atoms with van der Waals surface area (Å²) < 4.78 is 6.23. The Balaban J connectivity index is 1.15. The molecule has 6 nitrogen and oxygen atoms in total. The number of likely N-dealkylation sites (tertiary alicyclic amines) is 1. The second-order valence-corrected chi connectivity index (χ2v) is 10.5. The Morgan fingerprint density at radius 2 is 1.97 bits per heavy atom. The third kappa shape index (κ3) is 4.36. The first-order valence-corrected chi connectivity index (χ1v) is 12.2. The van der Waals surface area contributed by atoms with Crippen molar-refractivity contribution in [3.8, 4) is 16.3 Å². The standard InChI is InChI=1S/C24H32N4O2S/c1-16(29)27-11-9-22-23(15-27)31-24(25-22)17-4-6-20(7-5-17)30-21-12-19(13-21)28-10-8-18(14-28)26(2)3/h4-7,18-19,21H,8-15H2,1-3H3. The zero-order valence-corrected chi connectivity index (χ0v) is 19.5. The molecule has 1 aromatic heterocycles. The van der Waals surface area contributed by atoms with E-state index in [1.807, 2.05) is 4.90 Å². The molecule has 1 unspecified atom stereocenters. The Morgan fingerprint density at radius 3 is 2.65 bits per heavy atom. The fraction of sp³-hybridized carbons (Fsp3) is 0.583. The van der Waals surface area contributed by atoms with E-state index in [1.165, 1.54) is 24.4 Å². The fourth-order valence-corrected chi connectivity index (χ4v) is 6.04. The number of hydrogen-bond donors (Lipinski definition) is 0. The lowest BCUT2D eigenvalue weighted by Crippen LogP contribution is -2.49. The van der Waals surface area contributed by atoms with Crippen LogP contribution in [0.2, 0.25) is 0 Å². The molecule has 2 aromatic rings. The normalized spacial score (nSPS) is 26.1. The average molecular weight is 441 g/mol. The van der Waals surface area contributed by atoms with Gasteiger partial charge in [0.15, 0.2) is 0 Å². The first-order chi connectivity index (χ1) is 15.0. The maximum atomic E-state index is 11.7. The van der Waals surface area contributed by atoms with Gasteiger partial charge in [-0.2, -0.15) is 0 Å². The number of likely N-dealkylation sites (N-methyl/N-ethyl adjacent to an activating group) is 1. The highest BCUT2D eigenvalue weighted by Gasteiger charge is 2.38. The third-order valence-corrected chi connectivity index (χ3v) is 8.22. The second kappa shape index (κ2) is 8.52. The van der Waals surface area contributed by atoms with Crippen LogP contribution in [0, 0.1) is 0 Å². The van der Waals surface area contributed by atoms with Crippen molar-refractivity contribution in [2.24, 2.45) is 0 Å². The summed E-state index contributed by atoms with van der Waals surface area (Å²) >= 11 is 1.71. The Hall–Kier alpha value is -1.96. The maximum absolute atomic E-state index is 11.7. The van der Waals surface area contributed by atoms with Crippen molar-refractivity contribution >= 4 is 17.2 Å². The molecule has 1 aliphatic carbocycles. The van der Waals surface area contributed by atoms with Crippen molar-refractivity contribution in [2.75, 3.05) is 33.7 Å². The van der Waals surface area contributed by atoms with Crippen molar-refractivity contribution in [2.45, 2.75) is 57.3 Å². The second-order valence-electron chi connectivity index (χ2n) is 9.37. The predicted octanol–water partition coefficient (Wildman–Crippen LogP) is 3.26. The number of benzene rings is 1. The van der Waals surface area contributed by atoms with E-state index >= 15 is 0 Å². The Labute approximate surface area is 188 Å². The Morgan fingerprint density at radius 1 is 1.19 bits per heavy atom. The minimum absolute atomic E-state index is 0.141. The smallest absolute Gasteiger partial charge is 0.219 e. The summed E-state index contributed by atoms with van der Waals surface area (Å²) in [6, 6.07) is 9.76. The molecule has 31 heavy (non-hydrogen) atoms. The van der Waals surface area contributed by atoms with Gasteiger partial charge in [0.05, 0.1) is 12.2 Å². The third-order valence-electron chi connectivity index (χ3n) is 7.09. The van der Waals surface area contributed by atoms with Crippen LogP contribution in [0.1, 0.15) is 36.8 Å².